The lowest BCUT2D eigenvalue weighted by Crippen LogP contribution is -2.43. The minimum atomic E-state index is 0.527. The zero-order valence-electron chi connectivity index (χ0n) is 8.10. The van der Waals surface area contributed by atoms with Crippen LogP contribution in [-0.4, -0.2) is 39.4 Å². The van der Waals surface area contributed by atoms with Gasteiger partial charge in [-0.05, 0) is 39.9 Å². The van der Waals surface area contributed by atoms with Crippen molar-refractivity contribution in [3.05, 3.63) is 0 Å². The Morgan fingerprint density at radius 2 is 2.08 bits per heavy atom. The summed E-state index contributed by atoms with van der Waals surface area (Å²) in [6.07, 6.45) is 4.03. The van der Waals surface area contributed by atoms with Crippen LogP contribution in [0.4, 0.5) is 0 Å². The van der Waals surface area contributed by atoms with Gasteiger partial charge in [0.05, 0.1) is 6.10 Å². The molecule has 0 aromatic heterocycles. The van der Waals surface area contributed by atoms with Crippen LogP contribution in [0.1, 0.15) is 19.3 Å². The smallest absolute Gasteiger partial charge is 0.0604 e. The summed E-state index contributed by atoms with van der Waals surface area (Å²) in [6.45, 7) is 1.96. The monoisotopic (exact) mass is 172 g/mol. The van der Waals surface area contributed by atoms with Crippen molar-refractivity contribution >= 4 is 0 Å². The average molecular weight is 172 g/mol. The van der Waals surface area contributed by atoms with E-state index >= 15 is 0 Å². The Morgan fingerprint density at radius 3 is 2.67 bits per heavy atom. The summed E-state index contributed by atoms with van der Waals surface area (Å²) >= 11 is 0. The zero-order valence-corrected chi connectivity index (χ0v) is 8.10. The lowest BCUT2D eigenvalue weighted by atomic mass is 9.89. The second kappa shape index (κ2) is 5.51. The summed E-state index contributed by atoms with van der Waals surface area (Å²) < 4.78 is 5.63. The van der Waals surface area contributed by atoms with Gasteiger partial charge in [-0.3, -0.25) is 0 Å². The molecule has 0 aromatic carbocycles. The minimum absolute atomic E-state index is 0.527. The SMILES string of the molecule is CNCCCOC1CC(NC)C1. The first-order valence-electron chi connectivity index (χ1n) is 4.80. The third-order valence-electron chi connectivity index (χ3n) is 2.43. The Labute approximate surface area is 74.9 Å². The van der Waals surface area contributed by atoms with Gasteiger partial charge in [-0.1, -0.05) is 0 Å². The van der Waals surface area contributed by atoms with Crippen LogP contribution in [0.25, 0.3) is 0 Å². The van der Waals surface area contributed by atoms with Gasteiger partial charge >= 0.3 is 0 Å². The van der Waals surface area contributed by atoms with Gasteiger partial charge < -0.3 is 15.4 Å². The lowest BCUT2D eigenvalue weighted by Gasteiger charge is -2.34. The van der Waals surface area contributed by atoms with E-state index in [4.69, 9.17) is 4.74 Å². The molecule has 0 saturated heterocycles. The number of ether oxygens (including phenoxy) is 1. The Kier molecular flexibility index (Phi) is 4.58. The van der Waals surface area contributed by atoms with Gasteiger partial charge in [0, 0.05) is 12.6 Å². The summed E-state index contributed by atoms with van der Waals surface area (Å²) in [7, 11) is 3.99. The first kappa shape index (κ1) is 9.96. The van der Waals surface area contributed by atoms with E-state index in [2.05, 4.69) is 10.6 Å². The molecule has 0 bridgehead atoms. The summed E-state index contributed by atoms with van der Waals surface area (Å²) in [5, 5.41) is 6.35. The predicted molar refractivity (Wildman–Crippen MR) is 50.4 cm³/mol. The highest BCUT2D eigenvalue weighted by Gasteiger charge is 2.27. The van der Waals surface area contributed by atoms with Gasteiger partial charge in [-0.15, -0.1) is 0 Å². The van der Waals surface area contributed by atoms with E-state index in [0.29, 0.717) is 12.1 Å². The van der Waals surface area contributed by atoms with Crippen molar-refractivity contribution in [2.75, 3.05) is 27.2 Å². The highest BCUT2D eigenvalue weighted by molar-refractivity contribution is 4.84. The Balaban J connectivity index is 1.83. The Hall–Kier alpha value is -0.120. The van der Waals surface area contributed by atoms with Crippen molar-refractivity contribution in [1.29, 1.82) is 0 Å². The van der Waals surface area contributed by atoms with E-state index < -0.39 is 0 Å². The maximum Gasteiger partial charge on any atom is 0.0604 e. The minimum Gasteiger partial charge on any atom is -0.378 e. The van der Waals surface area contributed by atoms with Crippen LogP contribution in [0.2, 0.25) is 0 Å². The van der Waals surface area contributed by atoms with Crippen LogP contribution < -0.4 is 10.6 Å². The summed E-state index contributed by atoms with van der Waals surface area (Å²) in [5.74, 6) is 0. The van der Waals surface area contributed by atoms with Gasteiger partial charge in [-0.25, -0.2) is 0 Å². The molecular weight excluding hydrogens is 152 g/mol. The van der Waals surface area contributed by atoms with E-state index in [1.807, 2.05) is 14.1 Å². The second-order valence-corrected chi connectivity index (χ2v) is 3.41. The predicted octanol–water partition coefficient (Wildman–Crippen LogP) is 0.363. The van der Waals surface area contributed by atoms with Gasteiger partial charge in [0.1, 0.15) is 0 Å². The van der Waals surface area contributed by atoms with Crippen LogP contribution >= 0.6 is 0 Å². The van der Waals surface area contributed by atoms with Crippen LogP contribution in [0.5, 0.6) is 0 Å². The van der Waals surface area contributed by atoms with Crippen molar-refractivity contribution < 1.29 is 4.74 Å². The fourth-order valence-electron chi connectivity index (χ4n) is 1.44. The molecule has 0 aliphatic heterocycles. The van der Waals surface area contributed by atoms with Crippen LogP contribution in [0.15, 0.2) is 0 Å². The van der Waals surface area contributed by atoms with Crippen LogP contribution in [-0.2, 0) is 4.74 Å². The van der Waals surface area contributed by atoms with Crippen molar-refractivity contribution in [3.63, 3.8) is 0 Å². The van der Waals surface area contributed by atoms with Crippen molar-refractivity contribution in [3.8, 4) is 0 Å². The molecule has 1 fully saturated rings. The maximum atomic E-state index is 5.63. The van der Waals surface area contributed by atoms with Gasteiger partial charge in [0.15, 0.2) is 0 Å². The largest absolute Gasteiger partial charge is 0.378 e. The van der Waals surface area contributed by atoms with E-state index in [0.717, 1.165) is 19.6 Å². The Bertz CT molecular complexity index is 113. The normalized spacial score (nSPS) is 28.5. The van der Waals surface area contributed by atoms with Crippen LogP contribution in [0.3, 0.4) is 0 Å². The van der Waals surface area contributed by atoms with Gasteiger partial charge in [0.2, 0.25) is 0 Å². The van der Waals surface area contributed by atoms with Crippen molar-refractivity contribution in [2.45, 2.75) is 31.4 Å². The van der Waals surface area contributed by atoms with E-state index in [1.54, 1.807) is 0 Å². The van der Waals surface area contributed by atoms with Crippen molar-refractivity contribution in [2.24, 2.45) is 0 Å². The lowest BCUT2D eigenvalue weighted by molar-refractivity contribution is -0.0154. The molecule has 3 heteroatoms. The quantitative estimate of drug-likeness (QED) is 0.568. The number of nitrogens with one attached hydrogen (secondary N) is 2. The van der Waals surface area contributed by atoms with Gasteiger partial charge in [0.25, 0.3) is 0 Å². The van der Waals surface area contributed by atoms with Crippen molar-refractivity contribution in [1.82, 2.24) is 10.6 Å². The molecule has 1 aliphatic rings. The van der Waals surface area contributed by atoms with Gasteiger partial charge in [-0.2, -0.15) is 0 Å². The standard InChI is InChI=1S/C9H20N2O/c1-10-4-3-5-12-9-6-8(7-9)11-2/h8-11H,3-7H2,1-2H3. The molecule has 0 unspecified atom stereocenters. The Morgan fingerprint density at radius 1 is 1.33 bits per heavy atom. The molecule has 0 radical (unpaired) electrons. The first-order chi connectivity index (χ1) is 5.86. The molecule has 0 spiro atoms. The molecule has 0 heterocycles. The summed E-state index contributed by atoms with van der Waals surface area (Å²) in [6, 6.07) is 0.708. The molecule has 1 saturated carbocycles. The zero-order chi connectivity index (χ0) is 8.81. The third-order valence-corrected chi connectivity index (χ3v) is 2.43. The summed E-state index contributed by atoms with van der Waals surface area (Å²) in [4.78, 5) is 0. The molecule has 3 nitrogen and oxygen atoms in total. The fraction of sp³-hybridized carbons (Fsp3) is 1.00. The molecule has 2 N–H and O–H groups in total. The highest BCUT2D eigenvalue weighted by Crippen LogP contribution is 2.22. The topological polar surface area (TPSA) is 33.3 Å². The van der Waals surface area contributed by atoms with Crippen LogP contribution in [0, 0.1) is 0 Å². The summed E-state index contributed by atoms with van der Waals surface area (Å²) in [5.41, 5.74) is 0. The number of hydrogen-bond acceptors (Lipinski definition) is 3. The molecule has 1 rings (SSSR count). The first-order valence-corrected chi connectivity index (χ1v) is 4.80. The van der Waals surface area contributed by atoms with E-state index in [-0.39, 0.29) is 0 Å². The molecule has 0 amide bonds. The second-order valence-electron chi connectivity index (χ2n) is 3.41. The molecule has 1 aliphatic carbocycles. The third kappa shape index (κ3) is 3.09. The molecule has 0 aromatic rings. The maximum absolute atomic E-state index is 5.63. The molecule has 12 heavy (non-hydrogen) atoms. The average Bonchev–Trinajstić information content (AvgIpc) is 2.01. The number of rotatable bonds is 6. The molecular formula is C9H20N2O. The molecule has 72 valence electrons. The fourth-order valence-corrected chi connectivity index (χ4v) is 1.44. The number of hydrogen-bond donors (Lipinski definition) is 2. The highest BCUT2D eigenvalue weighted by atomic mass is 16.5. The molecule has 0 atom stereocenters. The van der Waals surface area contributed by atoms with E-state index in [9.17, 15) is 0 Å². The van der Waals surface area contributed by atoms with E-state index in [1.165, 1.54) is 12.8 Å².